The lowest BCUT2D eigenvalue weighted by atomic mass is 9.89. The van der Waals surface area contributed by atoms with Crippen molar-refractivity contribution >= 4 is 32.7 Å². The van der Waals surface area contributed by atoms with Gasteiger partial charge in [-0.15, -0.1) is 0 Å². The molecule has 3 aromatic heterocycles. The first kappa shape index (κ1) is 21.2. The number of aromatic amines is 2. The van der Waals surface area contributed by atoms with Crippen LogP contribution in [-0.2, 0) is 12.8 Å². The van der Waals surface area contributed by atoms with Gasteiger partial charge in [0.25, 0.3) is 0 Å². The number of hydrogen-bond acceptors (Lipinski definition) is 4. The van der Waals surface area contributed by atoms with Crippen molar-refractivity contribution in [2.45, 2.75) is 52.4 Å². The van der Waals surface area contributed by atoms with Crippen molar-refractivity contribution in [2.24, 2.45) is 0 Å². The van der Waals surface area contributed by atoms with Gasteiger partial charge in [0, 0.05) is 40.1 Å². The van der Waals surface area contributed by atoms with Crippen LogP contribution in [0, 0.1) is 0 Å². The van der Waals surface area contributed by atoms with Gasteiger partial charge in [0.05, 0.1) is 22.2 Å². The molecule has 0 spiro atoms. The van der Waals surface area contributed by atoms with E-state index in [1.54, 1.807) is 6.33 Å². The summed E-state index contributed by atoms with van der Waals surface area (Å²) in [5.41, 5.74) is 10.3. The van der Waals surface area contributed by atoms with E-state index in [4.69, 9.17) is 9.97 Å². The van der Waals surface area contributed by atoms with Crippen LogP contribution in [0.25, 0.3) is 55.1 Å². The second-order valence-electron chi connectivity index (χ2n) is 10.5. The highest BCUT2D eigenvalue weighted by Gasteiger charge is 2.22. The van der Waals surface area contributed by atoms with Crippen molar-refractivity contribution in [3.8, 4) is 22.4 Å². The number of rotatable bonds is 3. The van der Waals surface area contributed by atoms with E-state index in [1.807, 2.05) is 6.20 Å². The second kappa shape index (κ2) is 7.72. The zero-order chi connectivity index (χ0) is 24.6. The third kappa shape index (κ3) is 3.10. The molecule has 178 valence electrons. The van der Waals surface area contributed by atoms with Crippen molar-refractivity contribution < 1.29 is 0 Å². The third-order valence-corrected chi connectivity index (χ3v) is 7.46. The number of nitrogens with one attached hydrogen (secondary N) is 2. The Hall–Kier alpha value is -4.06. The molecule has 6 nitrogen and oxygen atoms in total. The molecular formula is C30H28N6. The molecule has 0 atom stereocenters. The predicted octanol–water partition coefficient (Wildman–Crippen LogP) is 7.06. The molecule has 3 heterocycles. The van der Waals surface area contributed by atoms with Crippen LogP contribution in [0.3, 0.4) is 0 Å². The average Bonchev–Trinajstić information content (AvgIpc) is 3.54. The van der Waals surface area contributed by atoms with Gasteiger partial charge in [0.1, 0.15) is 18.0 Å². The molecule has 0 radical (unpaired) electrons. The van der Waals surface area contributed by atoms with Crippen molar-refractivity contribution in [3.05, 3.63) is 71.8 Å². The van der Waals surface area contributed by atoms with Crippen LogP contribution in [0.4, 0.5) is 0 Å². The predicted molar refractivity (Wildman–Crippen MR) is 145 cm³/mol. The Morgan fingerprint density at radius 1 is 0.750 bits per heavy atom. The minimum absolute atomic E-state index is 0.311. The van der Waals surface area contributed by atoms with Crippen LogP contribution in [0.1, 0.15) is 62.4 Å². The smallest absolute Gasteiger partial charge is 0.116 e. The average molecular weight is 473 g/mol. The van der Waals surface area contributed by atoms with Crippen LogP contribution in [0.15, 0.2) is 48.9 Å². The summed E-state index contributed by atoms with van der Waals surface area (Å²) in [5, 5.41) is 3.30. The molecule has 1 aliphatic carbocycles. The van der Waals surface area contributed by atoms with Crippen molar-refractivity contribution in [2.75, 3.05) is 0 Å². The van der Waals surface area contributed by atoms with E-state index in [-0.39, 0.29) is 0 Å². The number of imidazole rings is 2. The standard InChI is InChI=1S/C30H28N6/c1-15(2)29-33-24-10-7-19-11-17(5-8-20(19)25(24)34-29)18-6-9-21-22(12-18)23-13-31-14-32-26(23)28-27(21)35-30(36-28)16(3)4/h5-6,8-9,11-16H,7,10H2,1-4H3,(H,33,34)(H,35,36). The normalized spacial score (nSPS) is 13.3. The maximum Gasteiger partial charge on any atom is 0.116 e. The first-order chi connectivity index (χ1) is 17.5. The Balaban J connectivity index is 1.40. The summed E-state index contributed by atoms with van der Waals surface area (Å²) in [5.74, 6) is 2.76. The molecule has 36 heavy (non-hydrogen) atoms. The molecule has 0 saturated carbocycles. The molecule has 3 aromatic carbocycles. The van der Waals surface area contributed by atoms with Gasteiger partial charge >= 0.3 is 0 Å². The summed E-state index contributed by atoms with van der Waals surface area (Å²) in [4.78, 5) is 25.9. The zero-order valence-corrected chi connectivity index (χ0v) is 21.0. The van der Waals surface area contributed by atoms with Gasteiger partial charge in [0.15, 0.2) is 0 Å². The van der Waals surface area contributed by atoms with Crippen molar-refractivity contribution in [1.29, 1.82) is 0 Å². The van der Waals surface area contributed by atoms with Crippen LogP contribution in [0.2, 0.25) is 0 Å². The molecule has 0 unspecified atom stereocenters. The Bertz CT molecular complexity index is 1800. The van der Waals surface area contributed by atoms with Gasteiger partial charge in [0.2, 0.25) is 0 Å². The number of benzene rings is 3. The number of nitrogens with zero attached hydrogens (tertiary/aromatic N) is 4. The van der Waals surface area contributed by atoms with E-state index in [2.05, 4.69) is 84.0 Å². The molecule has 1 aliphatic rings. The first-order valence-electron chi connectivity index (χ1n) is 12.8. The molecule has 0 saturated heterocycles. The Kier molecular flexibility index (Phi) is 4.55. The molecule has 6 heteroatoms. The fourth-order valence-electron chi connectivity index (χ4n) is 5.49. The third-order valence-electron chi connectivity index (χ3n) is 7.46. The van der Waals surface area contributed by atoms with Gasteiger partial charge < -0.3 is 9.97 Å². The molecule has 7 rings (SSSR count). The Labute approximate surface area is 209 Å². The monoisotopic (exact) mass is 472 g/mol. The number of H-pyrrole nitrogens is 2. The molecule has 0 amide bonds. The summed E-state index contributed by atoms with van der Waals surface area (Å²) in [7, 11) is 0. The summed E-state index contributed by atoms with van der Waals surface area (Å²) < 4.78 is 0. The summed E-state index contributed by atoms with van der Waals surface area (Å²) >= 11 is 0. The lowest BCUT2D eigenvalue weighted by Gasteiger charge is -2.17. The molecule has 2 N–H and O–H groups in total. The minimum Gasteiger partial charge on any atom is -0.345 e. The summed E-state index contributed by atoms with van der Waals surface area (Å²) in [6.07, 6.45) is 5.56. The maximum absolute atomic E-state index is 4.96. The Morgan fingerprint density at radius 2 is 1.53 bits per heavy atom. The number of aromatic nitrogens is 6. The highest BCUT2D eigenvalue weighted by atomic mass is 15.0. The van der Waals surface area contributed by atoms with Crippen LogP contribution >= 0.6 is 0 Å². The lowest BCUT2D eigenvalue weighted by Crippen LogP contribution is -2.03. The minimum atomic E-state index is 0.311. The van der Waals surface area contributed by atoms with Gasteiger partial charge in [-0.1, -0.05) is 58.0 Å². The van der Waals surface area contributed by atoms with Gasteiger partial charge in [-0.2, -0.15) is 0 Å². The van der Waals surface area contributed by atoms with Crippen LogP contribution in [0.5, 0.6) is 0 Å². The summed E-state index contributed by atoms with van der Waals surface area (Å²) in [6.45, 7) is 8.67. The zero-order valence-electron chi connectivity index (χ0n) is 21.0. The molecule has 0 bridgehead atoms. The molecular weight excluding hydrogens is 444 g/mol. The number of hydrogen-bond donors (Lipinski definition) is 2. The summed E-state index contributed by atoms with van der Waals surface area (Å²) in [6, 6.07) is 13.5. The van der Waals surface area contributed by atoms with E-state index in [1.165, 1.54) is 27.9 Å². The highest BCUT2D eigenvalue weighted by molar-refractivity contribution is 6.22. The topological polar surface area (TPSA) is 83.1 Å². The van der Waals surface area contributed by atoms with E-state index < -0.39 is 0 Å². The number of fused-ring (bicyclic) bond motifs is 9. The van der Waals surface area contributed by atoms with Gasteiger partial charge in [-0.25, -0.2) is 19.9 Å². The largest absolute Gasteiger partial charge is 0.345 e. The fourth-order valence-corrected chi connectivity index (χ4v) is 5.49. The van der Waals surface area contributed by atoms with Gasteiger partial charge in [-0.3, -0.25) is 0 Å². The SMILES string of the molecule is CC(C)c1nc2c([nH]1)CCc1cc(-c3ccc4c(c3)c3cncnc3c3[nH]c(C(C)C)nc43)ccc1-2. The van der Waals surface area contributed by atoms with Crippen LogP contribution in [-0.4, -0.2) is 29.9 Å². The Morgan fingerprint density at radius 3 is 2.36 bits per heavy atom. The molecule has 6 aromatic rings. The van der Waals surface area contributed by atoms with E-state index >= 15 is 0 Å². The van der Waals surface area contributed by atoms with E-state index in [0.717, 1.165) is 62.9 Å². The van der Waals surface area contributed by atoms with Gasteiger partial charge in [-0.05, 0) is 41.0 Å². The second-order valence-corrected chi connectivity index (χ2v) is 10.5. The number of aryl methyl sites for hydroxylation is 2. The fraction of sp³-hybridized carbons (Fsp3) is 0.267. The molecule has 0 fully saturated rings. The van der Waals surface area contributed by atoms with E-state index in [0.29, 0.717) is 11.8 Å². The van der Waals surface area contributed by atoms with E-state index in [9.17, 15) is 0 Å². The first-order valence-corrected chi connectivity index (χ1v) is 12.8. The van der Waals surface area contributed by atoms with Crippen molar-refractivity contribution in [1.82, 2.24) is 29.9 Å². The van der Waals surface area contributed by atoms with Crippen molar-refractivity contribution in [3.63, 3.8) is 0 Å². The molecule has 0 aliphatic heterocycles. The quantitative estimate of drug-likeness (QED) is 0.270. The highest BCUT2D eigenvalue weighted by Crippen LogP contribution is 2.38. The lowest BCUT2D eigenvalue weighted by molar-refractivity contribution is 0.787. The maximum atomic E-state index is 4.96. The van der Waals surface area contributed by atoms with Crippen LogP contribution < -0.4 is 0 Å².